The quantitative estimate of drug-likeness (QED) is 0.496. The summed E-state index contributed by atoms with van der Waals surface area (Å²) in [6, 6.07) is 12.0. The Bertz CT molecular complexity index is 903. The average Bonchev–Trinajstić information content (AvgIpc) is 3.39. The van der Waals surface area contributed by atoms with Gasteiger partial charge in [-0.15, -0.1) is 23.7 Å². The number of fused-ring (bicyclic) bond motifs is 1. The molecule has 3 aromatic rings. The lowest BCUT2D eigenvalue weighted by Gasteiger charge is -2.27. The van der Waals surface area contributed by atoms with Gasteiger partial charge in [-0.05, 0) is 36.1 Å². The Balaban J connectivity index is 0.00000240. The lowest BCUT2D eigenvalue weighted by molar-refractivity contribution is -0.114. The van der Waals surface area contributed by atoms with E-state index in [0.717, 1.165) is 59.5 Å². The fourth-order valence-electron chi connectivity index (χ4n) is 3.18. The van der Waals surface area contributed by atoms with Gasteiger partial charge in [0.1, 0.15) is 0 Å². The van der Waals surface area contributed by atoms with Crippen molar-refractivity contribution < 1.29 is 9.53 Å². The molecule has 1 aliphatic heterocycles. The number of hydrogen-bond acceptors (Lipinski definition) is 6. The van der Waals surface area contributed by atoms with Gasteiger partial charge in [0.25, 0.3) is 5.91 Å². The summed E-state index contributed by atoms with van der Waals surface area (Å²) < 4.78 is 6.52. The molecule has 1 saturated heterocycles. The Morgan fingerprint density at radius 1 is 1.21 bits per heavy atom. The number of para-hydroxylation sites is 1. The van der Waals surface area contributed by atoms with Crippen LogP contribution in [0.15, 0.2) is 47.9 Å². The van der Waals surface area contributed by atoms with Crippen LogP contribution in [0.25, 0.3) is 16.3 Å². The maximum atomic E-state index is 13.0. The van der Waals surface area contributed by atoms with E-state index in [-0.39, 0.29) is 18.3 Å². The predicted octanol–water partition coefficient (Wildman–Crippen LogP) is 4.55. The molecule has 0 spiro atoms. The molecule has 0 unspecified atom stereocenters. The first-order valence-electron chi connectivity index (χ1n) is 9.48. The number of anilines is 1. The average molecular weight is 450 g/mol. The van der Waals surface area contributed by atoms with E-state index in [1.165, 1.54) is 0 Å². The molecule has 1 fully saturated rings. The second kappa shape index (κ2) is 10.8. The fourth-order valence-corrected chi connectivity index (χ4v) is 4.80. The molecule has 0 N–H and O–H groups in total. The summed E-state index contributed by atoms with van der Waals surface area (Å²) in [5, 5.41) is 2.78. The third-order valence-corrected chi connectivity index (χ3v) is 6.57. The first kappa shape index (κ1) is 21.9. The standard InChI is InChI=1S/C21H23N3O2S2.ClH/c25-20(9-8-17-5-3-16-27-17)24(11-4-10-23-12-14-26-15-13-23)21-22-18-6-1-2-7-19(18)28-21;/h1-3,5-9,16H,4,10-15H2;1H/b9-8+;. The largest absolute Gasteiger partial charge is 0.379 e. The van der Waals surface area contributed by atoms with Gasteiger partial charge < -0.3 is 4.74 Å². The minimum Gasteiger partial charge on any atom is -0.379 e. The van der Waals surface area contributed by atoms with Gasteiger partial charge in [0.15, 0.2) is 5.13 Å². The smallest absolute Gasteiger partial charge is 0.252 e. The van der Waals surface area contributed by atoms with Crippen LogP contribution in [-0.2, 0) is 9.53 Å². The van der Waals surface area contributed by atoms with Crippen molar-refractivity contribution in [1.29, 1.82) is 0 Å². The zero-order valence-corrected chi connectivity index (χ0v) is 18.5. The minimum atomic E-state index is -0.0190. The van der Waals surface area contributed by atoms with Gasteiger partial charge in [0.05, 0.1) is 23.4 Å². The van der Waals surface area contributed by atoms with Gasteiger partial charge >= 0.3 is 0 Å². The highest BCUT2D eigenvalue weighted by Crippen LogP contribution is 2.29. The number of carbonyl (C=O) groups excluding carboxylic acids is 1. The number of hydrogen-bond donors (Lipinski definition) is 0. The maximum absolute atomic E-state index is 13.0. The Morgan fingerprint density at radius 2 is 2.03 bits per heavy atom. The van der Waals surface area contributed by atoms with Crippen LogP contribution in [0.5, 0.6) is 0 Å². The topological polar surface area (TPSA) is 45.7 Å². The van der Waals surface area contributed by atoms with E-state index in [1.54, 1.807) is 28.7 Å². The number of thiazole rings is 1. The van der Waals surface area contributed by atoms with Crippen molar-refractivity contribution in [2.24, 2.45) is 0 Å². The van der Waals surface area contributed by atoms with Crippen molar-refractivity contribution in [2.75, 3.05) is 44.3 Å². The molecule has 1 aromatic carbocycles. The zero-order chi connectivity index (χ0) is 19.2. The van der Waals surface area contributed by atoms with Crippen LogP contribution in [0.2, 0.25) is 0 Å². The summed E-state index contributed by atoms with van der Waals surface area (Å²) >= 11 is 3.20. The minimum absolute atomic E-state index is 0. The summed E-state index contributed by atoms with van der Waals surface area (Å²) in [6.07, 6.45) is 4.45. The van der Waals surface area contributed by atoms with Crippen LogP contribution >= 0.6 is 35.1 Å². The second-order valence-electron chi connectivity index (χ2n) is 6.61. The highest BCUT2D eigenvalue weighted by atomic mass is 35.5. The van der Waals surface area contributed by atoms with E-state index < -0.39 is 0 Å². The van der Waals surface area contributed by atoms with Gasteiger partial charge in [-0.25, -0.2) is 4.98 Å². The maximum Gasteiger partial charge on any atom is 0.252 e. The van der Waals surface area contributed by atoms with Crippen LogP contribution in [0.3, 0.4) is 0 Å². The Labute approximate surface area is 185 Å². The van der Waals surface area contributed by atoms with E-state index in [2.05, 4.69) is 4.90 Å². The molecule has 0 bridgehead atoms. The van der Waals surface area contributed by atoms with Gasteiger partial charge in [-0.1, -0.05) is 29.5 Å². The van der Waals surface area contributed by atoms with Crippen molar-refractivity contribution in [3.63, 3.8) is 0 Å². The van der Waals surface area contributed by atoms with Crippen LogP contribution in [0, 0.1) is 0 Å². The van der Waals surface area contributed by atoms with Gasteiger partial charge in [0.2, 0.25) is 0 Å². The van der Waals surface area contributed by atoms with Crippen molar-refractivity contribution >= 4 is 62.4 Å². The molecule has 0 saturated carbocycles. The summed E-state index contributed by atoms with van der Waals surface area (Å²) in [6.45, 7) is 5.15. The molecule has 2 aromatic heterocycles. The van der Waals surface area contributed by atoms with E-state index in [9.17, 15) is 4.79 Å². The Kier molecular flexibility index (Phi) is 8.20. The molecule has 8 heteroatoms. The SMILES string of the molecule is Cl.O=C(/C=C/c1cccs1)N(CCCN1CCOCC1)c1nc2ccccc2s1. The number of carbonyl (C=O) groups is 1. The van der Waals surface area contributed by atoms with Gasteiger partial charge in [-0.3, -0.25) is 14.6 Å². The van der Waals surface area contributed by atoms with Gasteiger partial charge in [-0.2, -0.15) is 0 Å². The van der Waals surface area contributed by atoms with Crippen LogP contribution in [0.1, 0.15) is 11.3 Å². The third-order valence-electron chi connectivity index (χ3n) is 4.67. The lowest BCUT2D eigenvalue weighted by atomic mass is 10.3. The highest BCUT2D eigenvalue weighted by molar-refractivity contribution is 7.22. The Hall–Kier alpha value is -1.77. The molecule has 0 radical (unpaired) electrons. The van der Waals surface area contributed by atoms with E-state index >= 15 is 0 Å². The zero-order valence-electron chi connectivity index (χ0n) is 16.0. The monoisotopic (exact) mass is 449 g/mol. The van der Waals surface area contributed by atoms with Crippen LogP contribution < -0.4 is 4.90 Å². The van der Waals surface area contributed by atoms with Crippen molar-refractivity contribution in [3.8, 4) is 0 Å². The number of nitrogens with zero attached hydrogens (tertiary/aromatic N) is 3. The molecule has 0 aliphatic carbocycles. The number of halogens is 1. The molecule has 29 heavy (non-hydrogen) atoms. The summed E-state index contributed by atoms with van der Waals surface area (Å²) in [5.41, 5.74) is 0.940. The molecule has 5 nitrogen and oxygen atoms in total. The number of benzene rings is 1. The first-order valence-corrected chi connectivity index (χ1v) is 11.2. The number of ether oxygens (including phenoxy) is 1. The van der Waals surface area contributed by atoms with E-state index in [0.29, 0.717) is 6.54 Å². The highest BCUT2D eigenvalue weighted by Gasteiger charge is 2.18. The molecular formula is C21H24ClN3O2S2. The predicted molar refractivity (Wildman–Crippen MR) is 124 cm³/mol. The number of rotatable bonds is 7. The molecule has 1 amide bonds. The van der Waals surface area contributed by atoms with Crippen molar-refractivity contribution in [2.45, 2.75) is 6.42 Å². The second-order valence-corrected chi connectivity index (χ2v) is 8.60. The normalized spacial score (nSPS) is 14.9. The van der Waals surface area contributed by atoms with Crippen molar-refractivity contribution in [1.82, 2.24) is 9.88 Å². The van der Waals surface area contributed by atoms with Crippen LogP contribution in [-0.4, -0.2) is 55.2 Å². The molecule has 3 heterocycles. The first-order chi connectivity index (χ1) is 13.8. The third kappa shape index (κ3) is 5.87. The number of amides is 1. The van der Waals surface area contributed by atoms with E-state index in [1.807, 2.05) is 52.8 Å². The number of thiophene rings is 1. The molecular weight excluding hydrogens is 426 g/mol. The Morgan fingerprint density at radius 3 is 2.79 bits per heavy atom. The van der Waals surface area contributed by atoms with E-state index in [4.69, 9.17) is 9.72 Å². The van der Waals surface area contributed by atoms with Crippen LogP contribution in [0.4, 0.5) is 5.13 Å². The molecule has 0 atom stereocenters. The molecule has 154 valence electrons. The molecule has 1 aliphatic rings. The van der Waals surface area contributed by atoms with Crippen molar-refractivity contribution in [3.05, 3.63) is 52.7 Å². The number of aromatic nitrogens is 1. The summed E-state index contributed by atoms with van der Waals surface area (Å²) in [7, 11) is 0. The molecule has 4 rings (SSSR count). The summed E-state index contributed by atoms with van der Waals surface area (Å²) in [4.78, 5) is 23.0. The fraction of sp³-hybridized carbons (Fsp3) is 0.333. The number of morpholine rings is 1. The summed E-state index contributed by atoms with van der Waals surface area (Å²) in [5.74, 6) is -0.0190. The lowest BCUT2D eigenvalue weighted by Crippen LogP contribution is -2.39. The van der Waals surface area contributed by atoms with Gasteiger partial charge in [0, 0.05) is 37.1 Å².